The normalized spacial score (nSPS) is 11.8. The van der Waals surface area contributed by atoms with Crippen molar-refractivity contribution in [3.8, 4) is 44.5 Å². The molecule has 0 saturated heterocycles. The maximum Gasteiger partial charge on any atom is 0.136 e. The number of benzene rings is 9. The van der Waals surface area contributed by atoms with Crippen LogP contribution in [-0.2, 0) is 0 Å². The van der Waals surface area contributed by atoms with Crippen LogP contribution in [0.15, 0.2) is 191 Å². The van der Waals surface area contributed by atoms with Crippen molar-refractivity contribution in [2.45, 2.75) is 0 Å². The minimum Gasteiger partial charge on any atom is -0.472 e. The summed E-state index contributed by atoms with van der Waals surface area (Å²) >= 11 is 0. The smallest absolute Gasteiger partial charge is 0.136 e. The Morgan fingerprint density at radius 1 is 0.269 bits per heavy atom. The van der Waals surface area contributed by atoms with Crippen molar-refractivity contribution in [2.24, 2.45) is 0 Å². The number of hydrogen-bond donors (Lipinski definition) is 0. The van der Waals surface area contributed by atoms with Gasteiger partial charge in [0.25, 0.3) is 0 Å². The van der Waals surface area contributed by atoms with Crippen molar-refractivity contribution >= 4 is 65.0 Å². The molecule has 0 saturated carbocycles. The summed E-state index contributed by atoms with van der Waals surface area (Å²) in [6, 6.07) is 61.2. The summed E-state index contributed by atoms with van der Waals surface area (Å²) in [6.45, 7) is 0. The predicted molar refractivity (Wildman–Crippen MR) is 218 cm³/mol. The van der Waals surface area contributed by atoms with Crippen LogP contribution >= 0.6 is 0 Å². The molecule has 11 rings (SSSR count). The fourth-order valence-electron chi connectivity index (χ4n) is 8.60. The van der Waals surface area contributed by atoms with Crippen molar-refractivity contribution in [2.75, 3.05) is 0 Å². The Hall–Kier alpha value is -6.90. The molecule has 0 bridgehead atoms. The summed E-state index contributed by atoms with van der Waals surface area (Å²) in [5.74, 6) is 0. The standard InChI is InChI=1S/C50H30O2/c1-2-12-31(13-3-1)47-36-14-4-6-16-38(36)49(39-17-7-5-15-37(39)47)33-22-24-35-44-28-32(23-25-45(44)52-46(35)29-33)48-40-18-8-10-20-42(40)50(34-26-27-51-30-34)43-21-11-9-19-41(43)48/h1-30H. The first-order valence-electron chi connectivity index (χ1n) is 17.7. The van der Waals surface area contributed by atoms with Gasteiger partial charge in [0.15, 0.2) is 0 Å². The maximum absolute atomic E-state index is 6.66. The molecule has 2 heteroatoms. The molecule has 0 fully saturated rings. The largest absolute Gasteiger partial charge is 0.472 e. The average molecular weight is 663 g/mol. The monoisotopic (exact) mass is 662 g/mol. The van der Waals surface area contributed by atoms with E-state index in [1.165, 1.54) is 76.5 Å². The molecule has 0 spiro atoms. The van der Waals surface area contributed by atoms with E-state index in [4.69, 9.17) is 8.83 Å². The van der Waals surface area contributed by atoms with Crippen LogP contribution in [0, 0.1) is 0 Å². The molecular formula is C50H30O2. The Labute approximate surface area is 299 Å². The second-order valence-electron chi connectivity index (χ2n) is 13.6. The summed E-state index contributed by atoms with van der Waals surface area (Å²) in [7, 11) is 0. The van der Waals surface area contributed by atoms with E-state index in [9.17, 15) is 0 Å². The molecular weight excluding hydrogens is 633 g/mol. The van der Waals surface area contributed by atoms with Crippen molar-refractivity contribution in [3.63, 3.8) is 0 Å². The number of furan rings is 2. The van der Waals surface area contributed by atoms with Crippen molar-refractivity contribution < 1.29 is 8.83 Å². The minimum atomic E-state index is 0.883. The zero-order valence-electron chi connectivity index (χ0n) is 28.1. The van der Waals surface area contributed by atoms with E-state index in [1.54, 1.807) is 6.26 Å². The lowest BCUT2D eigenvalue weighted by molar-refractivity contribution is 0.568. The molecule has 0 N–H and O–H groups in total. The van der Waals surface area contributed by atoms with E-state index in [1.807, 2.05) is 6.26 Å². The molecule has 2 heterocycles. The minimum absolute atomic E-state index is 0.883. The molecule has 2 nitrogen and oxygen atoms in total. The third kappa shape index (κ3) is 4.25. The van der Waals surface area contributed by atoms with Crippen LogP contribution in [0.4, 0.5) is 0 Å². The van der Waals surface area contributed by atoms with Gasteiger partial charge in [0.2, 0.25) is 0 Å². The lowest BCUT2D eigenvalue weighted by Crippen LogP contribution is -1.90. The van der Waals surface area contributed by atoms with Crippen LogP contribution in [0.5, 0.6) is 0 Å². The highest BCUT2D eigenvalue weighted by molar-refractivity contribution is 6.23. The highest BCUT2D eigenvalue weighted by Gasteiger charge is 2.20. The lowest BCUT2D eigenvalue weighted by atomic mass is 9.85. The van der Waals surface area contributed by atoms with Gasteiger partial charge in [-0.1, -0.05) is 140 Å². The van der Waals surface area contributed by atoms with Crippen LogP contribution in [0.2, 0.25) is 0 Å². The van der Waals surface area contributed by atoms with E-state index in [0.717, 1.165) is 33.1 Å². The molecule has 242 valence electrons. The van der Waals surface area contributed by atoms with Gasteiger partial charge in [-0.05, 0) is 107 Å². The molecule has 0 atom stereocenters. The number of hydrogen-bond acceptors (Lipinski definition) is 2. The second kappa shape index (κ2) is 11.3. The van der Waals surface area contributed by atoms with Crippen LogP contribution in [0.1, 0.15) is 0 Å². The van der Waals surface area contributed by atoms with Gasteiger partial charge in [-0.25, -0.2) is 0 Å². The molecule has 0 aliphatic carbocycles. The van der Waals surface area contributed by atoms with Crippen LogP contribution in [0.25, 0.3) is 110 Å². The molecule has 0 aliphatic rings. The Bertz CT molecular complexity index is 3050. The van der Waals surface area contributed by atoms with Crippen LogP contribution in [0.3, 0.4) is 0 Å². The topological polar surface area (TPSA) is 26.3 Å². The van der Waals surface area contributed by atoms with Crippen molar-refractivity contribution in [3.05, 3.63) is 182 Å². The average Bonchev–Trinajstić information content (AvgIpc) is 3.87. The van der Waals surface area contributed by atoms with Crippen LogP contribution < -0.4 is 0 Å². The Morgan fingerprint density at radius 3 is 1.21 bits per heavy atom. The Balaban J connectivity index is 1.13. The highest BCUT2D eigenvalue weighted by Crippen LogP contribution is 2.47. The van der Waals surface area contributed by atoms with E-state index in [2.05, 4.69) is 170 Å². The molecule has 0 radical (unpaired) electrons. The van der Waals surface area contributed by atoms with Gasteiger partial charge in [-0.3, -0.25) is 0 Å². The van der Waals surface area contributed by atoms with Gasteiger partial charge in [0.1, 0.15) is 11.2 Å². The van der Waals surface area contributed by atoms with Gasteiger partial charge in [-0.15, -0.1) is 0 Å². The third-order valence-electron chi connectivity index (χ3n) is 10.8. The summed E-state index contributed by atoms with van der Waals surface area (Å²) in [6.07, 6.45) is 3.59. The van der Waals surface area contributed by atoms with Gasteiger partial charge in [0.05, 0.1) is 12.5 Å². The van der Waals surface area contributed by atoms with Gasteiger partial charge < -0.3 is 8.83 Å². The molecule has 0 amide bonds. The predicted octanol–water partition coefficient (Wildman–Crippen LogP) is 14.5. The molecule has 2 aromatic heterocycles. The molecule has 0 unspecified atom stereocenters. The molecule has 9 aromatic carbocycles. The van der Waals surface area contributed by atoms with E-state index in [-0.39, 0.29) is 0 Å². The summed E-state index contributed by atoms with van der Waals surface area (Å²) < 4.78 is 12.2. The zero-order chi connectivity index (χ0) is 34.2. The molecule has 0 aliphatic heterocycles. The first kappa shape index (κ1) is 28.9. The fraction of sp³-hybridized carbons (Fsp3) is 0. The first-order chi connectivity index (χ1) is 25.8. The SMILES string of the molecule is c1ccc(-c2c3ccccc3c(-c3ccc4c(c3)oc3ccc(-c5c6ccccc6c(-c6ccoc6)c6ccccc56)cc34)c3ccccc23)cc1. The van der Waals surface area contributed by atoms with E-state index < -0.39 is 0 Å². The van der Waals surface area contributed by atoms with E-state index >= 15 is 0 Å². The summed E-state index contributed by atoms with van der Waals surface area (Å²) in [5, 5.41) is 12.0. The van der Waals surface area contributed by atoms with E-state index in [0.29, 0.717) is 0 Å². The third-order valence-corrected chi connectivity index (χ3v) is 10.8. The number of fused-ring (bicyclic) bond motifs is 7. The zero-order valence-corrected chi connectivity index (χ0v) is 28.1. The first-order valence-corrected chi connectivity index (χ1v) is 17.7. The quantitative estimate of drug-likeness (QED) is 0.175. The van der Waals surface area contributed by atoms with Gasteiger partial charge >= 0.3 is 0 Å². The summed E-state index contributed by atoms with van der Waals surface area (Å²) in [5.41, 5.74) is 11.3. The van der Waals surface area contributed by atoms with Crippen molar-refractivity contribution in [1.29, 1.82) is 0 Å². The highest BCUT2D eigenvalue weighted by atomic mass is 16.3. The van der Waals surface area contributed by atoms with Crippen molar-refractivity contribution in [1.82, 2.24) is 0 Å². The maximum atomic E-state index is 6.66. The Kier molecular flexibility index (Phi) is 6.28. The second-order valence-corrected chi connectivity index (χ2v) is 13.6. The Morgan fingerprint density at radius 2 is 0.712 bits per heavy atom. The van der Waals surface area contributed by atoms with Crippen LogP contribution in [-0.4, -0.2) is 0 Å². The van der Waals surface area contributed by atoms with Gasteiger partial charge in [0, 0.05) is 21.9 Å². The van der Waals surface area contributed by atoms with Gasteiger partial charge in [-0.2, -0.15) is 0 Å². The molecule has 52 heavy (non-hydrogen) atoms. The lowest BCUT2D eigenvalue weighted by Gasteiger charge is -2.17. The molecule has 11 aromatic rings. The summed E-state index contributed by atoms with van der Waals surface area (Å²) in [4.78, 5) is 0. The fourth-order valence-corrected chi connectivity index (χ4v) is 8.60. The number of rotatable bonds is 4.